The lowest BCUT2D eigenvalue weighted by atomic mass is 10.2. The van der Waals surface area contributed by atoms with E-state index in [1.54, 1.807) is 4.68 Å². The maximum Gasteiger partial charge on any atom is 0.262 e. The molecule has 1 aromatic heterocycles. The second-order valence-corrected chi connectivity index (χ2v) is 6.21. The number of anilines is 1. The number of aromatic nitrogens is 2. The number of rotatable bonds is 4. The number of hydrogen-bond acceptors (Lipinski definition) is 3. The van der Waals surface area contributed by atoms with Crippen molar-refractivity contribution in [2.45, 2.75) is 6.92 Å². The van der Waals surface area contributed by atoms with Crippen LogP contribution in [0, 0.1) is 6.92 Å². The predicted molar refractivity (Wildman–Crippen MR) is 93.7 cm³/mol. The summed E-state index contributed by atoms with van der Waals surface area (Å²) in [4.78, 5) is 12.0. The number of amides is 1. The molecule has 0 fully saturated rings. The summed E-state index contributed by atoms with van der Waals surface area (Å²) in [6, 6.07) is 13.4. The van der Waals surface area contributed by atoms with E-state index in [0.717, 1.165) is 26.6 Å². The molecule has 2 aromatic carbocycles. The highest BCUT2D eigenvalue weighted by atomic mass is 79.9. The molecule has 0 aliphatic rings. The molecule has 118 valence electrons. The molecule has 3 aromatic rings. The molecular weight excluding hydrogens is 358 g/mol. The van der Waals surface area contributed by atoms with Crippen LogP contribution in [0.4, 0.5) is 5.69 Å². The largest absolute Gasteiger partial charge is 0.466 e. The van der Waals surface area contributed by atoms with Crippen LogP contribution in [0.15, 0.2) is 46.9 Å². The van der Waals surface area contributed by atoms with Crippen LogP contribution in [0.5, 0.6) is 5.88 Å². The maximum absolute atomic E-state index is 12.0. The lowest BCUT2D eigenvalue weighted by Gasteiger charge is -2.06. The third-order valence-electron chi connectivity index (χ3n) is 3.45. The minimum atomic E-state index is -0.220. The fourth-order valence-corrected chi connectivity index (χ4v) is 2.64. The Kier molecular flexibility index (Phi) is 4.34. The number of nitrogens with one attached hydrogen (secondary N) is 1. The van der Waals surface area contributed by atoms with Crippen LogP contribution in [-0.4, -0.2) is 22.3 Å². The van der Waals surface area contributed by atoms with Crippen molar-refractivity contribution in [3.05, 3.63) is 52.5 Å². The standard InChI is InChI=1S/C17H16BrN3O2/c1-11-3-6-13(7-4-11)19-16(22)10-23-17-14-9-12(18)5-8-15(14)21(2)20-17/h3-9H,10H2,1-2H3,(H,19,22). The van der Waals surface area contributed by atoms with E-state index in [1.807, 2.05) is 56.4 Å². The first-order valence-electron chi connectivity index (χ1n) is 7.14. The number of hydrogen-bond donors (Lipinski definition) is 1. The van der Waals surface area contributed by atoms with E-state index in [0.29, 0.717) is 5.88 Å². The number of ether oxygens (including phenoxy) is 1. The first kappa shape index (κ1) is 15.6. The minimum Gasteiger partial charge on any atom is -0.466 e. The minimum absolute atomic E-state index is 0.0908. The van der Waals surface area contributed by atoms with Gasteiger partial charge in [0.25, 0.3) is 5.91 Å². The highest BCUT2D eigenvalue weighted by Crippen LogP contribution is 2.27. The number of aryl methyl sites for hydroxylation is 2. The van der Waals surface area contributed by atoms with Gasteiger partial charge in [0.15, 0.2) is 6.61 Å². The molecule has 1 heterocycles. The Hall–Kier alpha value is -2.34. The maximum atomic E-state index is 12.0. The Morgan fingerprint density at radius 2 is 2.00 bits per heavy atom. The van der Waals surface area contributed by atoms with Crippen LogP contribution in [0.25, 0.3) is 10.9 Å². The molecule has 0 saturated carbocycles. The summed E-state index contributed by atoms with van der Waals surface area (Å²) in [6.45, 7) is 1.91. The van der Waals surface area contributed by atoms with Gasteiger partial charge >= 0.3 is 0 Å². The average Bonchev–Trinajstić information content (AvgIpc) is 2.83. The van der Waals surface area contributed by atoms with Crippen LogP contribution in [0.3, 0.4) is 0 Å². The van der Waals surface area contributed by atoms with Gasteiger partial charge in [0, 0.05) is 17.2 Å². The van der Waals surface area contributed by atoms with Crippen molar-refractivity contribution >= 4 is 38.4 Å². The van der Waals surface area contributed by atoms with Crippen molar-refractivity contribution in [2.75, 3.05) is 11.9 Å². The lowest BCUT2D eigenvalue weighted by molar-refractivity contribution is -0.118. The number of carbonyl (C=O) groups excluding carboxylic acids is 1. The van der Waals surface area contributed by atoms with E-state index < -0.39 is 0 Å². The SMILES string of the molecule is Cc1ccc(NC(=O)COc2nn(C)c3ccc(Br)cc23)cc1. The summed E-state index contributed by atoms with van der Waals surface area (Å²) >= 11 is 3.43. The third kappa shape index (κ3) is 3.53. The summed E-state index contributed by atoms with van der Waals surface area (Å²) in [5.74, 6) is 0.227. The molecule has 0 atom stereocenters. The van der Waals surface area contributed by atoms with E-state index in [1.165, 1.54) is 0 Å². The van der Waals surface area contributed by atoms with E-state index >= 15 is 0 Å². The smallest absolute Gasteiger partial charge is 0.262 e. The van der Waals surface area contributed by atoms with Gasteiger partial charge in [0.2, 0.25) is 5.88 Å². The summed E-state index contributed by atoms with van der Waals surface area (Å²) < 4.78 is 8.26. The van der Waals surface area contributed by atoms with Gasteiger partial charge in [-0.1, -0.05) is 33.6 Å². The van der Waals surface area contributed by atoms with Crippen LogP contribution in [0.1, 0.15) is 5.56 Å². The van der Waals surface area contributed by atoms with Gasteiger partial charge in [0.05, 0.1) is 10.9 Å². The lowest BCUT2D eigenvalue weighted by Crippen LogP contribution is -2.20. The highest BCUT2D eigenvalue weighted by Gasteiger charge is 2.12. The molecule has 0 aliphatic carbocycles. The molecule has 0 unspecified atom stereocenters. The second kappa shape index (κ2) is 6.42. The summed E-state index contributed by atoms with van der Waals surface area (Å²) in [5, 5.41) is 7.98. The van der Waals surface area contributed by atoms with Gasteiger partial charge < -0.3 is 10.1 Å². The fraction of sp³-hybridized carbons (Fsp3) is 0.176. The van der Waals surface area contributed by atoms with Crippen LogP contribution < -0.4 is 10.1 Å². The first-order chi connectivity index (χ1) is 11.0. The quantitative estimate of drug-likeness (QED) is 0.758. The number of benzene rings is 2. The number of nitrogens with zero attached hydrogens (tertiary/aromatic N) is 2. The Morgan fingerprint density at radius 1 is 1.26 bits per heavy atom. The normalized spacial score (nSPS) is 10.7. The molecule has 1 amide bonds. The Bertz CT molecular complexity index is 856. The van der Waals surface area contributed by atoms with Crippen LogP contribution in [0.2, 0.25) is 0 Å². The molecule has 23 heavy (non-hydrogen) atoms. The van der Waals surface area contributed by atoms with Crippen molar-refractivity contribution in [3.63, 3.8) is 0 Å². The van der Waals surface area contributed by atoms with E-state index in [2.05, 4.69) is 26.3 Å². The van der Waals surface area contributed by atoms with Crippen molar-refractivity contribution < 1.29 is 9.53 Å². The molecule has 0 aliphatic heterocycles. The molecule has 0 saturated heterocycles. The molecule has 0 radical (unpaired) electrons. The molecule has 5 nitrogen and oxygen atoms in total. The Balaban J connectivity index is 1.69. The van der Waals surface area contributed by atoms with Crippen molar-refractivity contribution in [1.82, 2.24) is 9.78 Å². The van der Waals surface area contributed by atoms with Gasteiger partial charge in [-0.05, 0) is 37.3 Å². The monoisotopic (exact) mass is 373 g/mol. The van der Waals surface area contributed by atoms with Crippen molar-refractivity contribution in [2.24, 2.45) is 7.05 Å². The fourth-order valence-electron chi connectivity index (χ4n) is 2.28. The summed E-state index contributed by atoms with van der Waals surface area (Å²) in [7, 11) is 1.84. The molecular formula is C17H16BrN3O2. The van der Waals surface area contributed by atoms with E-state index in [9.17, 15) is 4.79 Å². The van der Waals surface area contributed by atoms with Crippen LogP contribution in [-0.2, 0) is 11.8 Å². The Labute approximate surface area is 142 Å². The Morgan fingerprint density at radius 3 is 2.74 bits per heavy atom. The summed E-state index contributed by atoms with van der Waals surface area (Å²) in [5.41, 5.74) is 2.84. The molecule has 0 bridgehead atoms. The van der Waals surface area contributed by atoms with Crippen molar-refractivity contribution in [3.8, 4) is 5.88 Å². The zero-order valence-electron chi connectivity index (χ0n) is 12.8. The topological polar surface area (TPSA) is 56.1 Å². The highest BCUT2D eigenvalue weighted by molar-refractivity contribution is 9.10. The van der Waals surface area contributed by atoms with Crippen LogP contribution >= 0.6 is 15.9 Å². The molecule has 1 N–H and O–H groups in total. The number of carbonyl (C=O) groups is 1. The first-order valence-corrected chi connectivity index (χ1v) is 7.94. The summed E-state index contributed by atoms with van der Waals surface area (Å²) in [6.07, 6.45) is 0. The van der Waals surface area contributed by atoms with E-state index in [-0.39, 0.29) is 12.5 Å². The van der Waals surface area contributed by atoms with Crippen molar-refractivity contribution in [1.29, 1.82) is 0 Å². The predicted octanol–water partition coefficient (Wildman–Crippen LogP) is 3.66. The van der Waals surface area contributed by atoms with E-state index in [4.69, 9.17) is 4.74 Å². The number of halogens is 1. The van der Waals surface area contributed by atoms with Gasteiger partial charge in [-0.25, -0.2) is 0 Å². The zero-order valence-corrected chi connectivity index (χ0v) is 14.4. The van der Waals surface area contributed by atoms with Gasteiger partial charge in [-0.2, -0.15) is 0 Å². The third-order valence-corrected chi connectivity index (χ3v) is 3.95. The number of fused-ring (bicyclic) bond motifs is 1. The molecule has 6 heteroatoms. The second-order valence-electron chi connectivity index (χ2n) is 5.29. The van der Waals surface area contributed by atoms with Gasteiger partial charge in [0.1, 0.15) is 0 Å². The molecule has 3 rings (SSSR count). The van der Waals surface area contributed by atoms with Gasteiger partial charge in [-0.3, -0.25) is 9.48 Å². The van der Waals surface area contributed by atoms with Gasteiger partial charge in [-0.15, -0.1) is 5.10 Å². The zero-order chi connectivity index (χ0) is 16.4. The molecule has 0 spiro atoms. The average molecular weight is 374 g/mol.